The van der Waals surface area contributed by atoms with E-state index in [1.54, 1.807) is 47.6 Å². The Balaban J connectivity index is 1.57. The number of halogens is 2. The molecule has 4 rings (SSSR count). The molecular weight excluding hydrogens is 477 g/mol. The van der Waals surface area contributed by atoms with Crippen molar-refractivity contribution in [3.63, 3.8) is 0 Å². The molecule has 0 saturated carbocycles. The van der Waals surface area contributed by atoms with Crippen molar-refractivity contribution in [1.82, 2.24) is 4.90 Å². The van der Waals surface area contributed by atoms with Gasteiger partial charge in [-0.25, -0.2) is 9.40 Å². The molecule has 0 spiro atoms. The lowest BCUT2D eigenvalue weighted by atomic mass is 9.78. The molecule has 1 fully saturated rings. The van der Waals surface area contributed by atoms with Gasteiger partial charge in [0.2, 0.25) is 0 Å². The van der Waals surface area contributed by atoms with Crippen molar-refractivity contribution in [3.8, 4) is 0 Å². The number of anilines is 1. The van der Waals surface area contributed by atoms with Crippen molar-refractivity contribution in [1.29, 1.82) is 0 Å². The Labute approximate surface area is 217 Å². The molecule has 0 aromatic heterocycles. The summed E-state index contributed by atoms with van der Waals surface area (Å²) in [5.41, 5.74) is 1.49. The Bertz CT molecular complexity index is 1190. The SMILES string of the molecule is CC1CC=CN(c2cccc(F)c2)N=C1C(=O)C1CCN(C(=O)c2cccc(Cl)c2)CC(C)(C)CC1. The Morgan fingerprint density at radius 1 is 1.11 bits per heavy atom. The third-order valence-electron chi connectivity index (χ3n) is 7.01. The van der Waals surface area contributed by atoms with Gasteiger partial charge in [0.1, 0.15) is 11.5 Å². The predicted molar refractivity (Wildman–Crippen MR) is 143 cm³/mol. The molecule has 0 bridgehead atoms. The highest BCUT2D eigenvalue weighted by Gasteiger charge is 2.35. The number of nitrogens with zero attached hydrogens (tertiary/aromatic N) is 3. The number of amides is 1. The quantitative estimate of drug-likeness (QED) is 0.459. The topological polar surface area (TPSA) is 53.0 Å². The van der Waals surface area contributed by atoms with Gasteiger partial charge in [0, 0.05) is 41.7 Å². The number of likely N-dealkylation sites (tertiary alicyclic amines) is 1. The number of rotatable bonds is 4. The molecule has 2 aromatic carbocycles. The smallest absolute Gasteiger partial charge is 0.253 e. The Hall–Kier alpha value is -2.99. The molecule has 2 atom stereocenters. The van der Waals surface area contributed by atoms with E-state index >= 15 is 0 Å². The minimum atomic E-state index is -0.354. The molecular formula is C29H33ClFN3O2. The fraction of sp³-hybridized carbons (Fsp3) is 0.414. The summed E-state index contributed by atoms with van der Waals surface area (Å²) in [7, 11) is 0. The average Bonchev–Trinajstić information content (AvgIpc) is 3.02. The maximum absolute atomic E-state index is 13.8. The van der Waals surface area contributed by atoms with Crippen LogP contribution in [-0.2, 0) is 4.79 Å². The zero-order valence-electron chi connectivity index (χ0n) is 21.1. The molecule has 36 heavy (non-hydrogen) atoms. The standard InChI is InChI=1S/C29H33ClFN3O2/c1-20-7-6-15-34(25-11-5-10-24(31)18-25)32-26(20)27(35)21-12-14-29(2,3)19-33(16-13-21)28(36)22-8-4-9-23(30)17-22/h4-6,8-11,15,17-18,20-21H,7,12-14,16,19H2,1-3H3. The molecule has 0 N–H and O–H groups in total. The summed E-state index contributed by atoms with van der Waals surface area (Å²) in [6.07, 6.45) is 6.55. The van der Waals surface area contributed by atoms with Crippen molar-refractivity contribution in [2.45, 2.75) is 46.5 Å². The molecule has 2 aromatic rings. The third-order valence-corrected chi connectivity index (χ3v) is 7.24. The number of benzene rings is 2. The van der Waals surface area contributed by atoms with Crippen LogP contribution in [0.1, 0.15) is 56.8 Å². The van der Waals surface area contributed by atoms with Crippen LogP contribution in [0.5, 0.6) is 0 Å². The number of carbonyl (C=O) groups is 2. The lowest BCUT2D eigenvalue weighted by molar-refractivity contribution is -0.117. The van der Waals surface area contributed by atoms with Crippen LogP contribution in [0, 0.1) is 23.1 Å². The van der Waals surface area contributed by atoms with E-state index in [1.807, 2.05) is 17.9 Å². The largest absolute Gasteiger partial charge is 0.338 e. The molecule has 2 heterocycles. The van der Waals surface area contributed by atoms with Crippen molar-refractivity contribution in [2.24, 2.45) is 22.4 Å². The van der Waals surface area contributed by atoms with Crippen LogP contribution < -0.4 is 5.01 Å². The summed E-state index contributed by atoms with van der Waals surface area (Å²) in [6.45, 7) is 7.38. The van der Waals surface area contributed by atoms with Gasteiger partial charge >= 0.3 is 0 Å². The Morgan fingerprint density at radius 2 is 1.89 bits per heavy atom. The van der Waals surface area contributed by atoms with Gasteiger partial charge in [0.05, 0.1) is 5.69 Å². The van der Waals surface area contributed by atoms with E-state index in [2.05, 4.69) is 13.8 Å². The molecule has 2 aliphatic rings. The zero-order valence-corrected chi connectivity index (χ0v) is 21.8. The second-order valence-electron chi connectivity index (χ2n) is 10.6. The second-order valence-corrected chi connectivity index (χ2v) is 11.1. The first-order valence-electron chi connectivity index (χ1n) is 12.5. The minimum absolute atomic E-state index is 0.0143. The van der Waals surface area contributed by atoms with E-state index in [1.165, 1.54) is 12.1 Å². The van der Waals surface area contributed by atoms with Gasteiger partial charge in [0.15, 0.2) is 5.78 Å². The van der Waals surface area contributed by atoms with Crippen LogP contribution in [0.3, 0.4) is 0 Å². The molecule has 190 valence electrons. The van der Waals surface area contributed by atoms with Gasteiger partial charge in [0.25, 0.3) is 5.91 Å². The van der Waals surface area contributed by atoms with Crippen molar-refractivity contribution < 1.29 is 14.0 Å². The zero-order chi connectivity index (χ0) is 25.9. The van der Waals surface area contributed by atoms with Gasteiger partial charge in [-0.15, -0.1) is 0 Å². The normalized spacial score (nSPS) is 22.3. The molecule has 1 saturated heterocycles. The predicted octanol–water partition coefficient (Wildman–Crippen LogP) is 6.73. The van der Waals surface area contributed by atoms with Crippen molar-refractivity contribution in [3.05, 3.63) is 77.2 Å². The summed E-state index contributed by atoms with van der Waals surface area (Å²) in [5, 5.41) is 6.81. The monoisotopic (exact) mass is 509 g/mol. The van der Waals surface area contributed by atoms with E-state index in [4.69, 9.17) is 16.7 Å². The number of hydrazone groups is 1. The van der Waals surface area contributed by atoms with E-state index < -0.39 is 0 Å². The molecule has 5 nitrogen and oxygen atoms in total. The number of Topliss-reactive ketones (excluding diaryl/α,β-unsaturated/α-hetero) is 1. The highest BCUT2D eigenvalue weighted by Crippen LogP contribution is 2.33. The van der Waals surface area contributed by atoms with Gasteiger partial charge in [-0.05, 0) is 67.5 Å². The highest BCUT2D eigenvalue weighted by molar-refractivity contribution is 6.41. The fourth-order valence-electron chi connectivity index (χ4n) is 4.92. The number of carbonyl (C=O) groups excluding carboxylic acids is 2. The first kappa shape index (κ1) is 26.1. The van der Waals surface area contributed by atoms with Gasteiger partial charge < -0.3 is 4.90 Å². The summed E-state index contributed by atoms with van der Waals surface area (Å²) < 4.78 is 13.8. The van der Waals surface area contributed by atoms with Crippen LogP contribution in [0.4, 0.5) is 10.1 Å². The lowest BCUT2D eigenvalue weighted by Crippen LogP contribution is -2.43. The first-order chi connectivity index (χ1) is 17.1. The van der Waals surface area contributed by atoms with E-state index in [0.29, 0.717) is 47.9 Å². The highest BCUT2D eigenvalue weighted by atomic mass is 35.5. The Morgan fingerprint density at radius 3 is 2.64 bits per heavy atom. The molecule has 0 aliphatic carbocycles. The molecule has 7 heteroatoms. The number of allylic oxidation sites excluding steroid dienone is 1. The molecule has 0 radical (unpaired) electrons. The summed E-state index contributed by atoms with van der Waals surface area (Å²) >= 11 is 6.13. The average molecular weight is 510 g/mol. The van der Waals surface area contributed by atoms with Crippen LogP contribution in [0.15, 0.2) is 65.9 Å². The van der Waals surface area contributed by atoms with Gasteiger partial charge in [-0.3, -0.25) is 9.59 Å². The maximum atomic E-state index is 13.8. The van der Waals surface area contributed by atoms with Crippen LogP contribution in [0.25, 0.3) is 0 Å². The number of ketones is 1. The summed E-state index contributed by atoms with van der Waals surface area (Å²) in [4.78, 5) is 29.0. The number of hydrogen-bond donors (Lipinski definition) is 0. The fourth-order valence-corrected chi connectivity index (χ4v) is 5.11. The van der Waals surface area contributed by atoms with E-state index in [-0.39, 0.29) is 34.8 Å². The minimum Gasteiger partial charge on any atom is -0.338 e. The number of hydrogen-bond acceptors (Lipinski definition) is 4. The Kier molecular flexibility index (Phi) is 7.94. The molecule has 1 amide bonds. The van der Waals surface area contributed by atoms with E-state index in [9.17, 15) is 14.0 Å². The molecule has 2 unspecified atom stereocenters. The first-order valence-corrected chi connectivity index (χ1v) is 12.9. The van der Waals surface area contributed by atoms with Crippen LogP contribution in [0.2, 0.25) is 5.02 Å². The third kappa shape index (κ3) is 6.22. The maximum Gasteiger partial charge on any atom is 0.253 e. The van der Waals surface area contributed by atoms with Gasteiger partial charge in [-0.2, -0.15) is 5.10 Å². The van der Waals surface area contributed by atoms with Gasteiger partial charge in [-0.1, -0.05) is 50.6 Å². The van der Waals surface area contributed by atoms with Crippen molar-refractivity contribution >= 4 is 34.7 Å². The summed E-state index contributed by atoms with van der Waals surface area (Å²) in [6, 6.07) is 13.2. The van der Waals surface area contributed by atoms with Crippen LogP contribution in [-0.4, -0.2) is 35.4 Å². The van der Waals surface area contributed by atoms with E-state index in [0.717, 1.165) is 12.8 Å². The lowest BCUT2D eigenvalue weighted by Gasteiger charge is -2.37. The van der Waals surface area contributed by atoms with Crippen molar-refractivity contribution in [2.75, 3.05) is 18.1 Å². The summed E-state index contributed by atoms with van der Waals surface area (Å²) in [5.74, 6) is -0.711. The molecule has 2 aliphatic heterocycles. The van der Waals surface area contributed by atoms with Crippen LogP contribution >= 0.6 is 11.6 Å². The second kappa shape index (κ2) is 11.0.